The average molecular weight is 479 g/mol. The van der Waals surface area contributed by atoms with E-state index < -0.39 is 0 Å². The number of aryl methyl sites for hydroxylation is 1. The molecule has 3 heterocycles. The van der Waals surface area contributed by atoms with E-state index >= 15 is 0 Å². The zero-order valence-corrected chi connectivity index (χ0v) is 19.0. The number of halogens is 2. The number of para-hydroxylation sites is 1. The van der Waals surface area contributed by atoms with Gasteiger partial charge in [-0.25, -0.2) is 4.98 Å². The maximum Gasteiger partial charge on any atom is 0.236 e. The third kappa shape index (κ3) is 5.12. The Labute approximate surface area is 193 Å². The predicted molar refractivity (Wildman–Crippen MR) is 123 cm³/mol. The van der Waals surface area contributed by atoms with Crippen molar-refractivity contribution < 1.29 is 9.53 Å². The molecule has 0 radical (unpaired) electrons. The zero-order valence-electron chi connectivity index (χ0n) is 16.7. The van der Waals surface area contributed by atoms with Crippen LogP contribution in [0.1, 0.15) is 5.69 Å². The van der Waals surface area contributed by atoms with E-state index in [-0.39, 0.29) is 22.5 Å². The summed E-state index contributed by atoms with van der Waals surface area (Å²) in [5, 5.41) is 12.8. The van der Waals surface area contributed by atoms with Crippen LogP contribution >= 0.6 is 35.0 Å². The SMILES string of the molecule is Cc1nc(NC(=O)CSc2nnc(N3CCOCC3)n2-c2ccccc2)c(Cl)cc1Cl. The van der Waals surface area contributed by atoms with E-state index in [2.05, 4.69) is 25.4 Å². The van der Waals surface area contributed by atoms with E-state index in [1.54, 1.807) is 13.0 Å². The monoisotopic (exact) mass is 478 g/mol. The second-order valence-electron chi connectivity index (χ2n) is 6.78. The summed E-state index contributed by atoms with van der Waals surface area (Å²) in [6.45, 7) is 4.49. The largest absolute Gasteiger partial charge is 0.378 e. The lowest BCUT2D eigenvalue weighted by Gasteiger charge is -2.27. The van der Waals surface area contributed by atoms with Crippen molar-refractivity contribution in [3.8, 4) is 5.69 Å². The number of carbonyl (C=O) groups excluding carboxylic acids is 1. The Hall–Kier alpha value is -2.33. The Bertz CT molecular complexity index is 1070. The van der Waals surface area contributed by atoms with Gasteiger partial charge in [-0.2, -0.15) is 0 Å². The molecule has 1 fully saturated rings. The van der Waals surface area contributed by atoms with Crippen LogP contribution in [0.25, 0.3) is 5.69 Å². The highest BCUT2D eigenvalue weighted by molar-refractivity contribution is 7.99. The molecule has 31 heavy (non-hydrogen) atoms. The van der Waals surface area contributed by atoms with Crippen LogP contribution in [0, 0.1) is 6.92 Å². The molecule has 1 aromatic carbocycles. The Morgan fingerprint density at radius 2 is 1.90 bits per heavy atom. The number of aromatic nitrogens is 4. The molecule has 0 atom stereocenters. The van der Waals surface area contributed by atoms with Gasteiger partial charge in [0.2, 0.25) is 11.9 Å². The van der Waals surface area contributed by atoms with Gasteiger partial charge in [-0.3, -0.25) is 9.36 Å². The summed E-state index contributed by atoms with van der Waals surface area (Å²) in [5.74, 6) is 0.883. The molecule has 0 aliphatic carbocycles. The van der Waals surface area contributed by atoms with Gasteiger partial charge in [0.25, 0.3) is 0 Å². The first kappa shape index (κ1) is 21.9. The molecule has 0 spiro atoms. The third-order valence-electron chi connectivity index (χ3n) is 4.62. The van der Waals surface area contributed by atoms with Crippen molar-refractivity contribution >= 4 is 52.6 Å². The summed E-state index contributed by atoms with van der Waals surface area (Å²) in [5.41, 5.74) is 1.52. The van der Waals surface area contributed by atoms with Gasteiger partial charge in [0.05, 0.1) is 40.4 Å². The lowest BCUT2D eigenvalue weighted by Crippen LogP contribution is -2.37. The fourth-order valence-corrected chi connectivity index (χ4v) is 4.22. The number of amides is 1. The lowest BCUT2D eigenvalue weighted by molar-refractivity contribution is -0.113. The highest BCUT2D eigenvalue weighted by Crippen LogP contribution is 2.28. The van der Waals surface area contributed by atoms with Gasteiger partial charge in [0, 0.05) is 13.1 Å². The summed E-state index contributed by atoms with van der Waals surface area (Å²) in [4.78, 5) is 18.9. The Morgan fingerprint density at radius 3 is 2.65 bits per heavy atom. The second kappa shape index (κ2) is 9.86. The van der Waals surface area contributed by atoms with Gasteiger partial charge in [-0.15, -0.1) is 10.2 Å². The second-order valence-corrected chi connectivity index (χ2v) is 8.53. The van der Waals surface area contributed by atoms with Crippen molar-refractivity contribution in [2.45, 2.75) is 12.1 Å². The van der Waals surface area contributed by atoms with Gasteiger partial charge in [0.15, 0.2) is 11.0 Å². The van der Waals surface area contributed by atoms with E-state index in [1.165, 1.54) is 11.8 Å². The highest BCUT2D eigenvalue weighted by atomic mass is 35.5. The molecule has 0 bridgehead atoms. The van der Waals surface area contributed by atoms with E-state index in [9.17, 15) is 4.79 Å². The molecule has 3 aromatic rings. The van der Waals surface area contributed by atoms with Crippen LogP contribution in [-0.2, 0) is 9.53 Å². The van der Waals surface area contributed by atoms with E-state index in [0.29, 0.717) is 29.1 Å². The third-order valence-corrected chi connectivity index (χ3v) is 6.22. The molecule has 11 heteroatoms. The van der Waals surface area contributed by atoms with Crippen molar-refractivity contribution in [2.75, 3.05) is 42.3 Å². The number of nitrogens with zero attached hydrogens (tertiary/aromatic N) is 5. The Morgan fingerprint density at radius 1 is 1.16 bits per heavy atom. The molecule has 4 rings (SSSR count). The minimum Gasteiger partial charge on any atom is -0.378 e. The number of nitrogens with one attached hydrogen (secondary N) is 1. The number of rotatable bonds is 6. The number of benzene rings is 1. The lowest BCUT2D eigenvalue weighted by atomic mass is 10.3. The molecule has 162 valence electrons. The molecule has 0 saturated carbocycles. The summed E-state index contributed by atoms with van der Waals surface area (Å²) < 4.78 is 7.41. The molecule has 8 nitrogen and oxygen atoms in total. The normalized spacial score (nSPS) is 14.0. The molecule has 2 aromatic heterocycles. The maximum atomic E-state index is 12.5. The average Bonchev–Trinajstić information content (AvgIpc) is 3.21. The smallest absolute Gasteiger partial charge is 0.236 e. The molecular weight excluding hydrogens is 459 g/mol. The zero-order chi connectivity index (χ0) is 21.8. The van der Waals surface area contributed by atoms with Gasteiger partial charge >= 0.3 is 0 Å². The number of ether oxygens (including phenoxy) is 1. The van der Waals surface area contributed by atoms with Gasteiger partial charge in [-0.1, -0.05) is 53.2 Å². The number of morpholine rings is 1. The topological polar surface area (TPSA) is 85.2 Å². The first-order chi connectivity index (χ1) is 15.0. The van der Waals surface area contributed by atoms with Crippen LogP contribution in [0.2, 0.25) is 10.0 Å². The minimum absolute atomic E-state index is 0.119. The van der Waals surface area contributed by atoms with Gasteiger partial charge in [0.1, 0.15) is 0 Å². The van der Waals surface area contributed by atoms with Crippen LogP contribution in [-0.4, -0.2) is 57.7 Å². The summed E-state index contributed by atoms with van der Waals surface area (Å²) in [6.07, 6.45) is 0. The maximum absolute atomic E-state index is 12.5. The van der Waals surface area contributed by atoms with Gasteiger partial charge in [-0.05, 0) is 25.1 Å². The van der Waals surface area contributed by atoms with Crippen molar-refractivity contribution in [1.82, 2.24) is 19.7 Å². The number of thioether (sulfide) groups is 1. The molecule has 1 aliphatic rings. The summed E-state index contributed by atoms with van der Waals surface area (Å²) >= 11 is 13.4. The standard InChI is InChI=1S/C20H20Cl2N6O2S/c1-13-15(21)11-16(22)18(23-13)24-17(29)12-31-20-26-25-19(27-7-9-30-10-8-27)28(20)14-5-3-2-4-6-14/h2-6,11H,7-10,12H2,1H3,(H,23,24,29). The quantitative estimate of drug-likeness (QED) is 0.538. The Balaban J connectivity index is 1.52. The van der Waals surface area contributed by atoms with Crippen molar-refractivity contribution in [2.24, 2.45) is 0 Å². The van der Waals surface area contributed by atoms with Crippen LogP contribution in [0.4, 0.5) is 11.8 Å². The number of pyridine rings is 1. The van der Waals surface area contributed by atoms with Crippen LogP contribution in [0.3, 0.4) is 0 Å². The van der Waals surface area contributed by atoms with Gasteiger partial charge < -0.3 is 15.0 Å². The van der Waals surface area contributed by atoms with Crippen LogP contribution < -0.4 is 10.2 Å². The fraction of sp³-hybridized carbons (Fsp3) is 0.300. The van der Waals surface area contributed by atoms with Crippen molar-refractivity contribution in [3.05, 3.63) is 52.1 Å². The summed E-state index contributed by atoms with van der Waals surface area (Å²) in [7, 11) is 0. The number of anilines is 2. The molecule has 1 aliphatic heterocycles. The minimum atomic E-state index is -0.253. The van der Waals surface area contributed by atoms with Crippen LogP contribution in [0.15, 0.2) is 41.6 Å². The molecule has 0 unspecified atom stereocenters. The van der Waals surface area contributed by atoms with E-state index in [4.69, 9.17) is 27.9 Å². The number of carbonyl (C=O) groups is 1. The first-order valence-corrected chi connectivity index (χ1v) is 11.4. The molecule has 1 amide bonds. The molecular formula is C20H20Cl2N6O2S. The fourth-order valence-electron chi connectivity index (χ4n) is 3.07. The van der Waals surface area contributed by atoms with E-state index in [1.807, 2.05) is 34.9 Å². The van der Waals surface area contributed by atoms with E-state index in [0.717, 1.165) is 24.7 Å². The number of hydrogen-bond acceptors (Lipinski definition) is 7. The first-order valence-electron chi connectivity index (χ1n) is 9.62. The van der Waals surface area contributed by atoms with Crippen molar-refractivity contribution in [3.63, 3.8) is 0 Å². The van der Waals surface area contributed by atoms with Crippen LogP contribution in [0.5, 0.6) is 0 Å². The molecule has 1 N–H and O–H groups in total. The number of hydrogen-bond donors (Lipinski definition) is 1. The summed E-state index contributed by atoms with van der Waals surface area (Å²) in [6, 6.07) is 11.4. The molecule has 1 saturated heterocycles. The van der Waals surface area contributed by atoms with Crippen molar-refractivity contribution in [1.29, 1.82) is 0 Å². The highest BCUT2D eigenvalue weighted by Gasteiger charge is 2.22. The Kier molecular flexibility index (Phi) is 6.96. The predicted octanol–water partition coefficient (Wildman–Crippen LogP) is 3.84.